The molecule has 2 heterocycles. The molecule has 10 nitrogen and oxygen atoms in total. The largest absolute Gasteiger partial charge is 0.465 e. The molecule has 0 aliphatic carbocycles. The van der Waals surface area contributed by atoms with Crippen LogP contribution >= 0.6 is 0 Å². The van der Waals surface area contributed by atoms with Crippen molar-refractivity contribution in [1.82, 2.24) is 29.7 Å². The SMILES string of the molecule is C[C@@H](c1ncc(-c2ccc(-c3ccc(-c4cnc([C@H](C)N(C)C(=O)O)[nH]4)cc3)cc2)[nH]1)N(C)C(=O)O. The minimum Gasteiger partial charge on any atom is -0.465 e. The summed E-state index contributed by atoms with van der Waals surface area (Å²) in [5.74, 6) is 1.17. The highest BCUT2D eigenvalue weighted by Crippen LogP contribution is 2.28. The standard InChI is InChI=1S/C26H28N6O4/c1-15(31(3)25(33)34)23-27-13-21(29-23)19-9-5-17(6-10-19)18-7-11-20(12-8-18)22-14-28-24(30-22)16(2)32(4)26(35)36/h5-16H,1-4H3,(H,27,29)(H,28,30)(H,33,34)(H,35,36)/t15-,16-/m0/s1. The molecule has 186 valence electrons. The Labute approximate surface area is 208 Å². The number of H-pyrrole nitrogens is 2. The molecule has 0 radical (unpaired) electrons. The summed E-state index contributed by atoms with van der Waals surface area (Å²) in [5, 5.41) is 18.4. The van der Waals surface area contributed by atoms with Gasteiger partial charge in [0, 0.05) is 14.1 Å². The molecule has 0 bridgehead atoms. The first-order chi connectivity index (χ1) is 17.2. The molecule has 0 spiro atoms. The van der Waals surface area contributed by atoms with Crippen molar-refractivity contribution in [3.05, 3.63) is 72.6 Å². The zero-order chi connectivity index (χ0) is 26.0. The van der Waals surface area contributed by atoms with Crippen LogP contribution in [0.4, 0.5) is 9.59 Å². The van der Waals surface area contributed by atoms with Crippen molar-refractivity contribution in [1.29, 1.82) is 0 Å². The Kier molecular flexibility index (Phi) is 6.77. The molecule has 2 amide bonds. The van der Waals surface area contributed by atoms with Gasteiger partial charge in [0.2, 0.25) is 0 Å². The van der Waals surface area contributed by atoms with E-state index in [0.29, 0.717) is 11.6 Å². The molecule has 10 heteroatoms. The zero-order valence-corrected chi connectivity index (χ0v) is 20.4. The molecule has 0 fully saturated rings. The molecule has 0 saturated heterocycles. The molecular formula is C26H28N6O4. The fourth-order valence-electron chi connectivity index (χ4n) is 3.77. The summed E-state index contributed by atoms with van der Waals surface area (Å²) in [7, 11) is 3.03. The molecule has 4 aromatic rings. The van der Waals surface area contributed by atoms with Crippen LogP contribution in [-0.4, -0.2) is 66.2 Å². The van der Waals surface area contributed by atoms with E-state index in [0.717, 1.165) is 33.6 Å². The maximum atomic E-state index is 11.2. The maximum Gasteiger partial charge on any atom is 0.407 e. The van der Waals surface area contributed by atoms with Gasteiger partial charge >= 0.3 is 12.2 Å². The van der Waals surface area contributed by atoms with Crippen molar-refractivity contribution < 1.29 is 19.8 Å². The van der Waals surface area contributed by atoms with Crippen LogP contribution in [0, 0.1) is 0 Å². The lowest BCUT2D eigenvalue weighted by molar-refractivity contribution is 0.139. The van der Waals surface area contributed by atoms with E-state index in [1.807, 2.05) is 48.5 Å². The average molecular weight is 489 g/mol. The lowest BCUT2D eigenvalue weighted by Crippen LogP contribution is -2.28. The van der Waals surface area contributed by atoms with Gasteiger partial charge in [-0.2, -0.15) is 0 Å². The Morgan fingerprint density at radius 1 is 0.667 bits per heavy atom. The summed E-state index contributed by atoms with van der Waals surface area (Å²) in [4.78, 5) is 39.9. The molecule has 4 rings (SSSR count). The molecule has 0 aliphatic heterocycles. The van der Waals surface area contributed by atoms with Crippen molar-refractivity contribution in [2.24, 2.45) is 0 Å². The summed E-state index contributed by atoms with van der Waals surface area (Å²) in [6.45, 7) is 3.56. The predicted octanol–water partition coefficient (Wildman–Crippen LogP) is 5.48. The van der Waals surface area contributed by atoms with Gasteiger partial charge in [-0.05, 0) is 36.1 Å². The van der Waals surface area contributed by atoms with Gasteiger partial charge in [0.15, 0.2) is 0 Å². The Morgan fingerprint density at radius 3 is 1.28 bits per heavy atom. The quantitative estimate of drug-likeness (QED) is 0.272. The van der Waals surface area contributed by atoms with Crippen LogP contribution in [-0.2, 0) is 0 Å². The van der Waals surface area contributed by atoms with Gasteiger partial charge in [-0.15, -0.1) is 0 Å². The van der Waals surface area contributed by atoms with Gasteiger partial charge in [0.05, 0.1) is 35.9 Å². The number of aromatic nitrogens is 4. The molecule has 0 unspecified atom stereocenters. The van der Waals surface area contributed by atoms with Gasteiger partial charge in [-0.25, -0.2) is 19.6 Å². The topological polar surface area (TPSA) is 138 Å². The number of benzene rings is 2. The Hall–Kier alpha value is -4.60. The van der Waals surface area contributed by atoms with Gasteiger partial charge in [-0.3, -0.25) is 0 Å². The first-order valence-electron chi connectivity index (χ1n) is 11.4. The van der Waals surface area contributed by atoms with Crippen molar-refractivity contribution in [3.8, 4) is 33.6 Å². The molecule has 36 heavy (non-hydrogen) atoms. The second-order valence-corrected chi connectivity index (χ2v) is 8.66. The smallest absolute Gasteiger partial charge is 0.407 e. The van der Waals surface area contributed by atoms with Crippen LogP contribution in [0.3, 0.4) is 0 Å². The summed E-state index contributed by atoms with van der Waals surface area (Å²) < 4.78 is 0. The van der Waals surface area contributed by atoms with Crippen molar-refractivity contribution in [2.75, 3.05) is 14.1 Å². The van der Waals surface area contributed by atoms with Crippen LogP contribution in [0.15, 0.2) is 60.9 Å². The van der Waals surface area contributed by atoms with E-state index >= 15 is 0 Å². The number of nitrogens with one attached hydrogen (secondary N) is 2. The second kappa shape index (κ2) is 9.95. The fraction of sp³-hybridized carbons (Fsp3) is 0.231. The van der Waals surface area contributed by atoms with E-state index in [4.69, 9.17) is 0 Å². The predicted molar refractivity (Wildman–Crippen MR) is 135 cm³/mol. The fourth-order valence-corrected chi connectivity index (χ4v) is 3.77. The summed E-state index contributed by atoms with van der Waals surface area (Å²) in [6.07, 6.45) is 1.39. The highest BCUT2D eigenvalue weighted by atomic mass is 16.4. The van der Waals surface area contributed by atoms with E-state index < -0.39 is 12.2 Å². The third-order valence-corrected chi connectivity index (χ3v) is 6.47. The van der Waals surface area contributed by atoms with E-state index in [1.54, 1.807) is 26.2 Å². The van der Waals surface area contributed by atoms with Gasteiger partial charge < -0.3 is 30.0 Å². The average Bonchev–Trinajstić information content (AvgIpc) is 3.58. The number of imidazole rings is 2. The zero-order valence-electron chi connectivity index (χ0n) is 20.4. The van der Waals surface area contributed by atoms with E-state index in [-0.39, 0.29) is 12.1 Å². The van der Waals surface area contributed by atoms with Gasteiger partial charge in [-0.1, -0.05) is 48.5 Å². The summed E-state index contributed by atoms with van der Waals surface area (Å²) in [5.41, 5.74) is 5.62. The van der Waals surface area contributed by atoms with E-state index in [2.05, 4.69) is 19.9 Å². The van der Waals surface area contributed by atoms with E-state index in [9.17, 15) is 19.8 Å². The molecule has 4 N–H and O–H groups in total. The van der Waals surface area contributed by atoms with Crippen molar-refractivity contribution in [2.45, 2.75) is 25.9 Å². The number of amides is 2. The first-order valence-corrected chi connectivity index (χ1v) is 11.4. The maximum absolute atomic E-state index is 11.2. The van der Waals surface area contributed by atoms with Crippen molar-refractivity contribution >= 4 is 12.2 Å². The van der Waals surface area contributed by atoms with Crippen LogP contribution in [0.25, 0.3) is 33.6 Å². The second-order valence-electron chi connectivity index (χ2n) is 8.66. The number of carboxylic acid groups (broad SMARTS) is 2. The Morgan fingerprint density at radius 2 is 0.972 bits per heavy atom. The number of hydrogen-bond donors (Lipinski definition) is 4. The van der Waals surface area contributed by atoms with Crippen LogP contribution < -0.4 is 0 Å². The molecule has 0 aliphatic rings. The highest BCUT2D eigenvalue weighted by molar-refractivity contribution is 5.71. The first kappa shape index (κ1) is 24.5. The minimum absolute atomic E-state index is 0.388. The molecule has 2 atom stereocenters. The number of aromatic amines is 2. The lowest BCUT2D eigenvalue weighted by atomic mass is 10.0. The van der Waals surface area contributed by atoms with Crippen LogP contribution in [0.2, 0.25) is 0 Å². The highest BCUT2D eigenvalue weighted by Gasteiger charge is 2.20. The number of nitrogens with zero attached hydrogens (tertiary/aromatic N) is 4. The molecule has 0 saturated carbocycles. The van der Waals surface area contributed by atoms with Crippen LogP contribution in [0.5, 0.6) is 0 Å². The van der Waals surface area contributed by atoms with Gasteiger partial charge in [0.1, 0.15) is 11.6 Å². The minimum atomic E-state index is -1.01. The van der Waals surface area contributed by atoms with Gasteiger partial charge in [0.25, 0.3) is 0 Å². The molecule has 2 aromatic heterocycles. The van der Waals surface area contributed by atoms with Crippen LogP contribution in [0.1, 0.15) is 37.6 Å². The lowest BCUT2D eigenvalue weighted by Gasteiger charge is -2.19. The Bertz CT molecular complexity index is 1250. The summed E-state index contributed by atoms with van der Waals surface area (Å²) in [6, 6.07) is 15.3. The van der Waals surface area contributed by atoms with Crippen molar-refractivity contribution in [3.63, 3.8) is 0 Å². The third-order valence-electron chi connectivity index (χ3n) is 6.47. The number of carbonyl (C=O) groups is 2. The number of rotatable bonds is 7. The molecule has 2 aromatic carbocycles. The third kappa shape index (κ3) is 4.92. The van der Waals surface area contributed by atoms with E-state index in [1.165, 1.54) is 23.9 Å². The summed E-state index contributed by atoms with van der Waals surface area (Å²) >= 11 is 0. The monoisotopic (exact) mass is 488 g/mol. The normalized spacial score (nSPS) is 12.7. The Balaban J connectivity index is 1.47. The number of hydrogen-bond acceptors (Lipinski definition) is 4. The molecular weight excluding hydrogens is 460 g/mol.